The number of nitrogens with zero attached hydrogens (tertiary/aromatic N) is 2. The lowest BCUT2D eigenvalue weighted by Crippen LogP contribution is -2.48. The molecule has 2 aliphatic heterocycles. The molecule has 3 rings (SSSR count). The van der Waals surface area contributed by atoms with Crippen molar-refractivity contribution in [3.8, 4) is 0 Å². The van der Waals surface area contributed by atoms with Crippen molar-refractivity contribution in [1.29, 1.82) is 0 Å². The first-order valence-electron chi connectivity index (χ1n) is 6.58. The summed E-state index contributed by atoms with van der Waals surface area (Å²) in [4.78, 5) is 18.6. The number of amides is 1. The summed E-state index contributed by atoms with van der Waals surface area (Å²) in [5.41, 5.74) is 1.58. The Morgan fingerprint density at radius 1 is 1.39 bits per heavy atom. The second-order valence-corrected chi connectivity index (χ2v) is 5.41. The van der Waals surface area contributed by atoms with Crippen LogP contribution in [0.15, 0.2) is 18.3 Å². The van der Waals surface area contributed by atoms with Gasteiger partial charge in [0.1, 0.15) is 0 Å². The van der Waals surface area contributed by atoms with Crippen LogP contribution in [-0.4, -0.2) is 39.1 Å². The monoisotopic (exact) mass is 246 g/mol. The predicted octanol–water partition coefficient (Wildman–Crippen LogP) is 1.52. The van der Waals surface area contributed by atoms with Gasteiger partial charge in [0.05, 0.1) is 6.10 Å². The Labute approximate surface area is 107 Å². The van der Waals surface area contributed by atoms with E-state index < -0.39 is 0 Å². The van der Waals surface area contributed by atoms with Crippen LogP contribution < -0.4 is 0 Å². The molecule has 2 atom stereocenters. The van der Waals surface area contributed by atoms with Gasteiger partial charge in [-0.05, 0) is 44.7 Å². The average molecular weight is 246 g/mol. The van der Waals surface area contributed by atoms with Crippen LogP contribution in [0.25, 0.3) is 0 Å². The number of aliphatic hydroxyl groups excluding tert-OH is 1. The normalized spacial score (nSPS) is 30.6. The Morgan fingerprint density at radius 3 is 2.67 bits per heavy atom. The molecule has 0 spiro atoms. The van der Waals surface area contributed by atoms with E-state index in [0.29, 0.717) is 0 Å². The first kappa shape index (κ1) is 11.7. The molecule has 1 N–H and O–H groups in total. The zero-order chi connectivity index (χ0) is 12.7. The van der Waals surface area contributed by atoms with Crippen molar-refractivity contribution < 1.29 is 9.90 Å². The van der Waals surface area contributed by atoms with Crippen LogP contribution in [0.2, 0.25) is 0 Å². The van der Waals surface area contributed by atoms with Crippen LogP contribution in [0.5, 0.6) is 0 Å². The standard InChI is InChI=1S/C14H18N2O2/c1-9-6-10(4-5-15-9)14(18)16-11-2-3-12(16)8-13(17)7-11/h4-6,11-13,17H,2-3,7-8H2,1H3. The van der Waals surface area contributed by atoms with Crippen LogP contribution in [0.1, 0.15) is 41.7 Å². The molecule has 1 aromatic heterocycles. The summed E-state index contributed by atoms with van der Waals surface area (Å²) in [6.07, 6.45) is 4.96. The van der Waals surface area contributed by atoms with Crippen LogP contribution in [0.4, 0.5) is 0 Å². The fourth-order valence-electron chi connectivity index (χ4n) is 3.31. The Kier molecular flexibility index (Phi) is 2.82. The van der Waals surface area contributed by atoms with Gasteiger partial charge < -0.3 is 10.0 Å². The number of hydrogen-bond donors (Lipinski definition) is 1. The number of hydrogen-bond acceptors (Lipinski definition) is 3. The van der Waals surface area contributed by atoms with E-state index in [2.05, 4.69) is 4.98 Å². The molecule has 3 heterocycles. The fourth-order valence-corrected chi connectivity index (χ4v) is 3.31. The number of piperidine rings is 1. The average Bonchev–Trinajstić information content (AvgIpc) is 2.61. The SMILES string of the molecule is Cc1cc(C(=O)N2C3CCC2CC(O)C3)ccn1. The zero-order valence-electron chi connectivity index (χ0n) is 10.5. The van der Waals surface area contributed by atoms with Gasteiger partial charge in [-0.2, -0.15) is 0 Å². The van der Waals surface area contributed by atoms with Crippen molar-refractivity contribution in [2.45, 2.75) is 50.8 Å². The molecule has 2 bridgehead atoms. The largest absolute Gasteiger partial charge is 0.393 e. The number of aromatic nitrogens is 1. The van der Waals surface area contributed by atoms with Gasteiger partial charge in [0.2, 0.25) is 0 Å². The first-order chi connectivity index (χ1) is 8.65. The Morgan fingerprint density at radius 2 is 2.06 bits per heavy atom. The summed E-state index contributed by atoms with van der Waals surface area (Å²) in [5, 5.41) is 9.76. The predicted molar refractivity (Wildman–Crippen MR) is 67.2 cm³/mol. The van der Waals surface area contributed by atoms with Crippen molar-refractivity contribution in [3.05, 3.63) is 29.6 Å². The molecule has 1 aromatic rings. The Hall–Kier alpha value is -1.42. The molecule has 2 aliphatic rings. The molecule has 4 nitrogen and oxygen atoms in total. The molecule has 18 heavy (non-hydrogen) atoms. The number of rotatable bonds is 1. The maximum Gasteiger partial charge on any atom is 0.254 e. The van der Waals surface area contributed by atoms with Gasteiger partial charge in [-0.15, -0.1) is 0 Å². The first-order valence-corrected chi connectivity index (χ1v) is 6.58. The highest BCUT2D eigenvalue weighted by Crippen LogP contribution is 2.36. The van der Waals surface area contributed by atoms with E-state index >= 15 is 0 Å². The van der Waals surface area contributed by atoms with Gasteiger partial charge >= 0.3 is 0 Å². The lowest BCUT2D eigenvalue weighted by atomic mass is 9.99. The van der Waals surface area contributed by atoms with Crippen molar-refractivity contribution in [2.75, 3.05) is 0 Å². The summed E-state index contributed by atoms with van der Waals surface area (Å²) in [7, 11) is 0. The van der Waals surface area contributed by atoms with Crippen LogP contribution in [-0.2, 0) is 0 Å². The lowest BCUT2D eigenvalue weighted by Gasteiger charge is -2.37. The van der Waals surface area contributed by atoms with E-state index in [-0.39, 0.29) is 24.1 Å². The van der Waals surface area contributed by atoms with Crippen molar-refractivity contribution in [2.24, 2.45) is 0 Å². The summed E-state index contributed by atoms with van der Waals surface area (Å²) in [6.45, 7) is 1.89. The molecule has 0 radical (unpaired) electrons. The maximum atomic E-state index is 12.5. The molecule has 96 valence electrons. The summed E-state index contributed by atoms with van der Waals surface area (Å²) >= 11 is 0. The molecule has 1 amide bonds. The van der Waals surface area contributed by atoms with Gasteiger partial charge in [0.15, 0.2) is 0 Å². The minimum absolute atomic E-state index is 0.0971. The molecule has 4 heteroatoms. The number of pyridine rings is 1. The van der Waals surface area contributed by atoms with E-state index in [4.69, 9.17) is 0 Å². The topological polar surface area (TPSA) is 53.4 Å². The van der Waals surface area contributed by atoms with E-state index in [1.54, 1.807) is 12.3 Å². The number of aryl methyl sites for hydroxylation is 1. The van der Waals surface area contributed by atoms with Gasteiger partial charge in [-0.1, -0.05) is 0 Å². The van der Waals surface area contributed by atoms with Crippen molar-refractivity contribution in [1.82, 2.24) is 9.88 Å². The quantitative estimate of drug-likeness (QED) is 0.817. The molecular formula is C14H18N2O2. The van der Waals surface area contributed by atoms with Crippen molar-refractivity contribution in [3.63, 3.8) is 0 Å². The second-order valence-electron chi connectivity index (χ2n) is 5.41. The third-order valence-electron chi connectivity index (χ3n) is 4.09. The molecule has 0 saturated carbocycles. The third-order valence-corrected chi connectivity index (χ3v) is 4.09. The molecule has 2 unspecified atom stereocenters. The highest BCUT2D eigenvalue weighted by molar-refractivity contribution is 5.95. The number of aliphatic hydroxyl groups is 1. The molecule has 2 saturated heterocycles. The highest BCUT2D eigenvalue weighted by Gasteiger charge is 2.42. The fraction of sp³-hybridized carbons (Fsp3) is 0.571. The second kappa shape index (κ2) is 4.35. The van der Waals surface area contributed by atoms with Crippen molar-refractivity contribution >= 4 is 5.91 Å². The molecule has 2 fully saturated rings. The maximum absolute atomic E-state index is 12.5. The molecule has 0 aliphatic carbocycles. The lowest BCUT2D eigenvalue weighted by molar-refractivity contribution is 0.0286. The summed E-state index contributed by atoms with van der Waals surface area (Å²) in [6, 6.07) is 4.06. The highest BCUT2D eigenvalue weighted by atomic mass is 16.3. The third kappa shape index (κ3) is 1.90. The molecular weight excluding hydrogens is 228 g/mol. The van der Waals surface area contributed by atoms with E-state index in [9.17, 15) is 9.90 Å². The Balaban J connectivity index is 1.85. The summed E-state index contributed by atoms with van der Waals surface area (Å²) < 4.78 is 0. The number of fused-ring (bicyclic) bond motifs is 2. The number of carbonyl (C=O) groups excluding carboxylic acids is 1. The van der Waals surface area contributed by atoms with E-state index in [0.717, 1.165) is 36.9 Å². The molecule has 0 aromatic carbocycles. The smallest absolute Gasteiger partial charge is 0.254 e. The van der Waals surface area contributed by atoms with Gasteiger partial charge in [0.25, 0.3) is 5.91 Å². The van der Waals surface area contributed by atoms with Crippen LogP contribution >= 0.6 is 0 Å². The summed E-state index contributed by atoms with van der Waals surface area (Å²) in [5.74, 6) is 0.0971. The van der Waals surface area contributed by atoms with Gasteiger partial charge in [-0.25, -0.2) is 0 Å². The minimum Gasteiger partial charge on any atom is -0.393 e. The zero-order valence-corrected chi connectivity index (χ0v) is 10.5. The van der Waals surface area contributed by atoms with Crippen LogP contribution in [0, 0.1) is 6.92 Å². The van der Waals surface area contributed by atoms with Gasteiger partial charge in [0, 0.05) is 29.5 Å². The van der Waals surface area contributed by atoms with Crippen LogP contribution in [0.3, 0.4) is 0 Å². The number of carbonyl (C=O) groups is 1. The Bertz CT molecular complexity index is 461. The van der Waals surface area contributed by atoms with E-state index in [1.807, 2.05) is 17.9 Å². The van der Waals surface area contributed by atoms with E-state index in [1.165, 1.54) is 0 Å². The minimum atomic E-state index is -0.231. The van der Waals surface area contributed by atoms with Gasteiger partial charge in [-0.3, -0.25) is 9.78 Å².